The number of nitrogens with zero attached hydrogens (tertiary/aromatic N) is 2. The third-order valence-corrected chi connectivity index (χ3v) is 2.51. The third-order valence-electron chi connectivity index (χ3n) is 2.51. The highest BCUT2D eigenvalue weighted by molar-refractivity contribution is 5.32. The first-order chi connectivity index (χ1) is 8.66. The molecule has 2 N–H and O–H groups in total. The SMILES string of the molecule is CC(C)Oc1ccc(C(N)c2cnccn2)cc1. The van der Waals surface area contributed by atoms with Gasteiger partial charge in [-0.1, -0.05) is 12.1 Å². The Morgan fingerprint density at radius 3 is 2.39 bits per heavy atom. The van der Waals surface area contributed by atoms with Gasteiger partial charge in [0.2, 0.25) is 0 Å². The Kier molecular flexibility index (Phi) is 3.89. The lowest BCUT2D eigenvalue weighted by atomic mass is 10.1. The molecule has 0 radical (unpaired) electrons. The number of nitrogens with two attached hydrogens (primary N) is 1. The molecule has 0 bridgehead atoms. The molecule has 0 aliphatic rings. The van der Waals surface area contributed by atoms with Crippen LogP contribution in [0.15, 0.2) is 42.9 Å². The third kappa shape index (κ3) is 3.05. The molecule has 4 heteroatoms. The quantitative estimate of drug-likeness (QED) is 0.895. The first-order valence-corrected chi connectivity index (χ1v) is 5.95. The lowest BCUT2D eigenvalue weighted by molar-refractivity contribution is 0.242. The smallest absolute Gasteiger partial charge is 0.119 e. The number of hydrogen-bond donors (Lipinski definition) is 1. The van der Waals surface area contributed by atoms with Crippen LogP contribution in [0.2, 0.25) is 0 Å². The van der Waals surface area contributed by atoms with E-state index in [1.165, 1.54) is 0 Å². The maximum absolute atomic E-state index is 6.12. The Balaban J connectivity index is 2.14. The molecule has 1 aromatic carbocycles. The molecule has 2 rings (SSSR count). The summed E-state index contributed by atoms with van der Waals surface area (Å²) in [6.07, 6.45) is 5.13. The van der Waals surface area contributed by atoms with Crippen molar-refractivity contribution in [2.75, 3.05) is 0 Å². The topological polar surface area (TPSA) is 61.0 Å². The summed E-state index contributed by atoms with van der Waals surface area (Å²) in [7, 11) is 0. The van der Waals surface area contributed by atoms with Crippen LogP contribution in [-0.4, -0.2) is 16.1 Å². The van der Waals surface area contributed by atoms with E-state index < -0.39 is 0 Å². The van der Waals surface area contributed by atoms with Crippen molar-refractivity contribution in [2.24, 2.45) is 5.73 Å². The van der Waals surface area contributed by atoms with Crippen molar-refractivity contribution < 1.29 is 4.74 Å². The fraction of sp³-hybridized carbons (Fsp3) is 0.286. The average Bonchev–Trinajstić information content (AvgIpc) is 2.39. The second kappa shape index (κ2) is 5.60. The van der Waals surface area contributed by atoms with Crippen LogP contribution >= 0.6 is 0 Å². The highest BCUT2D eigenvalue weighted by Crippen LogP contribution is 2.20. The van der Waals surface area contributed by atoms with Gasteiger partial charge in [0.25, 0.3) is 0 Å². The molecule has 0 saturated heterocycles. The zero-order valence-electron chi connectivity index (χ0n) is 10.6. The van der Waals surface area contributed by atoms with Crippen LogP contribution < -0.4 is 10.5 Å². The van der Waals surface area contributed by atoms with Crippen LogP contribution in [0.1, 0.15) is 31.1 Å². The van der Waals surface area contributed by atoms with Crippen molar-refractivity contribution >= 4 is 0 Å². The lowest BCUT2D eigenvalue weighted by Crippen LogP contribution is -2.13. The first-order valence-electron chi connectivity index (χ1n) is 5.95. The predicted molar refractivity (Wildman–Crippen MR) is 70.3 cm³/mol. The van der Waals surface area contributed by atoms with Crippen molar-refractivity contribution in [1.82, 2.24) is 9.97 Å². The van der Waals surface area contributed by atoms with Gasteiger partial charge in [-0.15, -0.1) is 0 Å². The number of rotatable bonds is 4. The van der Waals surface area contributed by atoms with Crippen LogP contribution in [-0.2, 0) is 0 Å². The van der Waals surface area contributed by atoms with Crippen molar-refractivity contribution in [3.8, 4) is 5.75 Å². The molecule has 0 aliphatic heterocycles. The van der Waals surface area contributed by atoms with Gasteiger partial charge < -0.3 is 10.5 Å². The molecular formula is C14H17N3O. The van der Waals surface area contributed by atoms with Gasteiger partial charge in [-0.3, -0.25) is 9.97 Å². The minimum Gasteiger partial charge on any atom is -0.491 e. The minimum atomic E-state index is -0.258. The summed E-state index contributed by atoms with van der Waals surface area (Å²) in [5.41, 5.74) is 7.88. The van der Waals surface area contributed by atoms with Gasteiger partial charge in [0.05, 0.1) is 24.0 Å². The Morgan fingerprint density at radius 2 is 1.83 bits per heavy atom. The number of hydrogen-bond acceptors (Lipinski definition) is 4. The van der Waals surface area contributed by atoms with Crippen molar-refractivity contribution in [3.05, 3.63) is 54.1 Å². The van der Waals surface area contributed by atoms with E-state index in [4.69, 9.17) is 10.5 Å². The van der Waals surface area contributed by atoms with Crippen LogP contribution in [0.25, 0.3) is 0 Å². The summed E-state index contributed by atoms with van der Waals surface area (Å²) in [4.78, 5) is 8.23. The molecule has 0 spiro atoms. The summed E-state index contributed by atoms with van der Waals surface area (Å²) in [5, 5.41) is 0. The molecule has 18 heavy (non-hydrogen) atoms. The lowest BCUT2D eigenvalue weighted by Gasteiger charge is -2.13. The molecule has 1 heterocycles. The van der Waals surface area contributed by atoms with Gasteiger partial charge in [-0.2, -0.15) is 0 Å². The van der Waals surface area contributed by atoms with Gasteiger partial charge in [-0.25, -0.2) is 0 Å². The van der Waals surface area contributed by atoms with E-state index in [0.717, 1.165) is 17.0 Å². The molecule has 94 valence electrons. The highest BCUT2D eigenvalue weighted by atomic mass is 16.5. The molecule has 1 atom stereocenters. The van der Waals surface area contributed by atoms with E-state index in [2.05, 4.69) is 9.97 Å². The average molecular weight is 243 g/mol. The summed E-state index contributed by atoms with van der Waals surface area (Å²) in [6.45, 7) is 4.00. The Bertz CT molecular complexity index is 482. The number of aromatic nitrogens is 2. The van der Waals surface area contributed by atoms with E-state index in [1.54, 1.807) is 18.6 Å². The van der Waals surface area contributed by atoms with Crippen molar-refractivity contribution in [3.63, 3.8) is 0 Å². The molecule has 4 nitrogen and oxygen atoms in total. The van der Waals surface area contributed by atoms with Gasteiger partial charge in [0.1, 0.15) is 5.75 Å². The second-order valence-electron chi connectivity index (χ2n) is 4.34. The molecule has 0 aliphatic carbocycles. The number of benzene rings is 1. The van der Waals surface area contributed by atoms with E-state index in [9.17, 15) is 0 Å². The molecule has 1 aromatic heterocycles. The normalized spacial score (nSPS) is 12.4. The molecule has 0 amide bonds. The largest absolute Gasteiger partial charge is 0.491 e. The van der Waals surface area contributed by atoms with Gasteiger partial charge in [0, 0.05) is 12.4 Å². The van der Waals surface area contributed by atoms with Crippen LogP contribution in [0.4, 0.5) is 0 Å². The zero-order valence-corrected chi connectivity index (χ0v) is 10.6. The fourth-order valence-corrected chi connectivity index (χ4v) is 1.67. The minimum absolute atomic E-state index is 0.171. The number of ether oxygens (including phenoxy) is 1. The summed E-state index contributed by atoms with van der Waals surface area (Å²) in [5.74, 6) is 0.847. The van der Waals surface area contributed by atoms with Gasteiger partial charge in [-0.05, 0) is 31.5 Å². The summed E-state index contributed by atoms with van der Waals surface area (Å²) >= 11 is 0. The molecule has 1 unspecified atom stereocenters. The fourth-order valence-electron chi connectivity index (χ4n) is 1.67. The van der Waals surface area contributed by atoms with E-state index in [0.29, 0.717) is 0 Å². The van der Waals surface area contributed by atoms with Crippen LogP contribution in [0.3, 0.4) is 0 Å². The predicted octanol–water partition coefficient (Wildman–Crippen LogP) is 2.31. The summed E-state index contributed by atoms with van der Waals surface area (Å²) < 4.78 is 5.59. The standard InChI is InChI=1S/C14H17N3O/c1-10(2)18-12-5-3-11(4-6-12)14(15)13-9-16-7-8-17-13/h3-10,14H,15H2,1-2H3. The van der Waals surface area contributed by atoms with E-state index in [-0.39, 0.29) is 12.1 Å². The summed E-state index contributed by atoms with van der Waals surface area (Å²) in [6, 6.07) is 7.50. The van der Waals surface area contributed by atoms with Gasteiger partial charge in [0.15, 0.2) is 0 Å². The van der Waals surface area contributed by atoms with E-state index in [1.807, 2.05) is 38.1 Å². The molecule has 2 aromatic rings. The highest BCUT2D eigenvalue weighted by Gasteiger charge is 2.10. The maximum atomic E-state index is 6.12. The van der Waals surface area contributed by atoms with E-state index >= 15 is 0 Å². The van der Waals surface area contributed by atoms with Crippen molar-refractivity contribution in [2.45, 2.75) is 26.0 Å². The Hall–Kier alpha value is -1.94. The molecule has 0 fully saturated rings. The maximum Gasteiger partial charge on any atom is 0.119 e. The monoisotopic (exact) mass is 243 g/mol. The molecule has 0 saturated carbocycles. The van der Waals surface area contributed by atoms with Gasteiger partial charge >= 0.3 is 0 Å². The Labute approximate surface area is 107 Å². The second-order valence-corrected chi connectivity index (χ2v) is 4.34. The van der Waals surface area contributed by atoms with Crippen LogP contribution in [0, 0.1) is 0 Å². The molecular weight excluding hydrogens is 226 g/mol. The zero-order chi connectivity index (χ0) is 13.0. The Morgan fingerprint density at radius 1 is 1.11 bits per heavy atom. The van der Waals surface area contributed by atoms with Crippen LogP contribution in [0.5, 0.6) is 5.75 Å². The first kappa shape index (κ1) is 12.5. The van der Waals surface area contributed by atoms with Crippen molar-refractivity contribution in [1.29, 1.82) is 0 Å².